The van der Waals surface area contributed by atoms with Gasteiger partial charge >= 0.3 is 0 Å². The monoisotopic (exact) mass is 352 g/mol. The second kappa shape index (κ2) is 7.95. The lowest BCUT2D eigenvalue weighted by Gasteiger charge is -2.14. The summed E-state index contributed by atoms with van der Waals surface area (Å²) >= 11 is 0. The minimum absolute atomic E-state index is 0.0257. The standard InChI is InChI=1S/C21H21FN2O2/c1-14-10-11-17(22)16(12-14)21(26)24-19-9-5-4-8-18(19)23-20(25)13-15-6-2-3-7-15/h2,4-6,8-12,15H,3,7,13H2,1H3,(H,23,25)(H,24,26). The van der Waals surface area contributed by atoms with Gasteiger partial charge < -0.3 is 10.6 Å². The molecule has 0 radical (unpaired) electrons. The van der Waals surface area contributed by atoms with Gasteiger partial charge in [-0.05, 0) is 49.9 Å². The Morgan fingerprint density at radius 3 is 2.54 bits per heavy atom. The fourth-order valence-electron chi connectivity index (χ4n) is 3.01. The molecule has 2 aromatic rings. The van der Waals surface area contributed by atoms with E-state index >= 15 is 0 Å². The summed E-state index contributed by atoms with van der Waals surface area (Å²) in [5.41, 5.74) is 1.71. The average Bonchev–Trinajstić information content (AvgIpc) is 3.11. The van der Waals surface area contributed by atoms with Crippen LogP contribution in [-0.4, -0.2) is 11.8 Å². The van der Waals surface area contributed by atoms with E-state index in [4.69, 9.17) is 0 Å². The Balaban J connectivity index is 1.72. The number of para-hydroxylation sites is 2. The minimum atomic E-state index is -0.581. The molecule has 1 aliphatic carbocycles. The van der Waals surface area contributed by atoms with Crippen LogP contribution < -0.4 is 10.6 Å². The second-order valence-electron chi connectivity index (χ2n) is 6.50. The van der Waals surface area contributed by atoms with Gasteiger partial charge in [-0.3, -0.25) is 9.59 Å². The van der Waals surface area contributed by atoms with Crippen molar-refractivity contribution in [2.75, 3.05) is 10.6 Å². The maximum Gasteiger partial charge on any atom is 0.258 e. The third-order valence-corrected chi connectivity index (χ3v) is 4.38. The molecular weight excluding hydrogens is 331 g/mol. The molecule has 0 saturated heterocycles. The van der Waals surface area contributed by atoms with Crippen LogP contribution in [0.4, 0.5) is 15.8 Å². The van der Waals surface area contributed by atoms with Crippen molar-refractivity contribution >= 4 is 23.2 Å². The second-order valence-corrected chi connectivity index (χ2v) is 6.50. The number of halogens is 1. The molecule has 3 rings (SSSR count). The van der Waals surface area contributed by atoms with Gasteiger partial charge in [0.15, 0.2) is 0 Å². The van der Waals surface area contributed by atoms with Crippen LogP contribution in [0.2, 0.25) is 0 Å². The summed E-state index contributed by atoms with van der Waals surface area (Å²) in [4.78, 5) is 24.7. The van der Waals surface area contributed by atoms with E-state index < -0.39 is 11.7 Å². The van der Waals surface area contributed by atoms with Gasteiger partial charge in [0.2, 0.25) is 5.91 Å². The molecule has 26 heavy (non-hydrogen) atoms. The molecular formula is C21H21FN2O2. The fraction of sp³-hybridized carbons (Fsp3) is 0.238. The van der Waals surface area contributed by atoms with Crippen molar-refractivity contribution < 1.29 is 14.0 Å². The zero-order chi connectivity index (χ0) is 18.5. The van der Waals surface area contributed by atoms with Crippen LogP contribution in [0, 0.1) is 18.7 Å². The largest absolute Gasteiger partial charge is 0.324 e. The third-order valence-electron chi connectivity index (χ3n) is 4.38. The molecule has 0 aromatic heterocycles. The molecule has 5 heteroatoms. The van der Waals surface area contributed by atoms with Gasteiger partial charge in [0.05, 0.1) is 16.9 Å². The van der Waals surface area contributed by atoms with Gasteiger partial charge in [0.1, 0.15) is 5.82 Å². The molecule has 0 spiro atoms. The van der Waals surface area contributed by atoms with Gasteiger partial charge in [-0.25, -0.2) is 4.39 Å². The smallest absolute Gasteiger partial charge is 0.258 e. The zero-order valence-corrected chi connectivity index (χ0v) is 14.6. The highest BCUT2D eigenvalue weighted by molar-refractivity contribution is 6.07. The van der Waals surface area contributed by atoms with Gasteiger partial charge in [0, 0.05) is 6.42 Å². The van der Waals surface area contributed by atoms with Crippen molar-refractivity contribution in [2.45, 2.75) is 26.2 Å². The summed E-state index contributed by atoms with van der Waals surface area (Å²) in [6, 6.07) is 11.3. The Morgan fingerprint density at radius 2 is 1.85 bits per heavy atom. The van der Waals surface area contributed by atoms with Gasteiger partial charge in [-0.1, -0.05) is 35.9 Å². The molecule has 0 aliphatic heterocycles. The van der Waals surface area contributed by atoms with E-state index in [0.29, 0.717) is 17.8 Å². The lowest BCUT2D eigenvalue weighted by atomic mass is 10.0. The molecule has 134 valence electrons. The van der Waals surface area contributed by atoms with Gasteiger partial charge in [-0.2, -0.15) is 0 Å². The van der Waals surface area contributed by atoms with Crippen molar-refractivity contribution in [3.8, 4) is 0 Å². The lowest BCUT2D eigenvalue weighted by molar-refractivity contribution is -0.116. The Kier molecular flexibility index (Phi) is 5.46. The van der Waals surface area contributed by atoms with Crippen LogP contribution in [0.15, 0.2) is 54.6 Å². The number of carbonyl (C=O) groups excluding carboxylic acids is 2. The SMILES string of the molecule is Cc1ccc(F)c(C(=O)Nc2ccccc2NC(=O)CC2C=CCC2)c1. The van der Waals surface area contributed by atoms with Crippen molar-refractivity contribution in [2.24, 2.45) is 5.92 Å². The molecule has 0 heterocycles. The summed E-state index contributed by atoms with van der Waals surface area (Å²) in [7, 11) is 0. The normalized spacial score (nSPS) is 15.7. The van der Waals surface area contributed by atoms with E-state index in [-0.39, 0.29) is 17.4 Å². The van der Waals surface area contributed by atoms with E-state index in [1.165, 1.54) is 12.1 Å². The quantitative estimate of drug-likeness (QED) is 0.768. The van der Waals surface area contributed by atoms with E-state index in [0.717, 1.165) is 18.4 Å². The van der Waals surface area contributed by atoms with E-state index in [2.05, 4.69) is 22.8 Å². The van der Waals surface area contributed by atoms with Crippen LogP contribution in [0.25, 0.3) is 0 Å². The molecule has 0 fully saturated rings. The van der Waals surface area contributed by atoms with Crippen LogP contribution in [0.3, 0.4) is 0 Å². The molecule has 0 saturated carbocycles. The summed E-state index contributed by atoms with van der Waals surface area (Å²) in [5, 5.41) is 5.53. The first-order valence-corrected chi connectivity index (χ1v) is 8.66. The van der Waals surface area contributed by atoms with Crippen molar-refractivity contribution in [1.82, 2.24) is 0 Å². The predicted molar refractivity (Wildman–Crippen MR) is 101 cm³/mol. The molecule has 0 bridgehead atoms. The predicted octanol–water partition coefficient (Wildman–Crippen LogP) is 4.68. The Bertz CT molecular complexity index is 861. The van der Waals surface area contributed by atoms with E-state index in [9.17, 15) is 14.0 Å². The molecule has 4 nitrogen and oxygen atoms in total. The van der Waals surface area contributed by atoms with Crippen molar-refractivity contribution in [1.29, 1.82) is 0 Å². The molecule has 1 aliphatic rings. The van der Waals surface area contributed by atoms with Gasteiger partial charge in [0.25, 0.3) is 5.91 Å². The molecule has 2 N–H and O–H groups in total. The van der Waals surface area contributed by atoms with Crippen molar-refractivity contribution in [3.63, 3.8) is 0 Å². The number of hydrogen-bond donors (Lipinski definition) is 2. The topological polar surface area (TPSA) is 58.2 Å². The maximum absolute atomic E-state index is 13.9. The summed E-state index contributed by atoms with van der Waals surface area (Å²) in [5.74, 6) is -0.975. The van der Waals surface area contributed by atoms with Crippen molar-refractivity contribution in [3.05, 3.63) is 71.6 Å². The third kappa shape index (κ3) is 4.36. The molecule has 2 aromatic carbocycles. The first-order valence-electron chi connectivity index (χ1n) is 8.66. The van der Waals surface area contributed by atoms with Crippen LogP contribution in [0.5, 0.6) is 0 Å². The number of amides is 2. The number of carbonyl (C=O) groups is 2. The van der Waals surface area contributed by atoms with Crippen LogP contribution in [0.1, 0.15) is 35.2 Å². The zero-order valence-electron chi connectivity index (χ0n) is 14.6. The number of anilines is 2. The Hall–Kier alpha value is -2.95. The average molecular weight is 352 g/mol. The van der Waals surface area contributed by atoms with E-state index in [1.807, 2.05) is 0 Å². The minimum Gasteiger partial charge on any atom is -0.324 e. The number of hydrogen-bond acceptors (Lipinski definition) is 2. The number of rotatable bonds is 5. The Labute approximate surface area is 152 Å². The van der Waals surface area contributed by atoms with E-state index in [1.54, 1.807) is 37.3 Å². The number of nitrogens with one attached hydrogen (secondary N) is 2. The molecule has 1 unspecified atom stereocenters. The highest BCUT2D eigenvalue weighted by Crippen LogP contribution is 2.25. The highest BCUT2D eigenvalue weighted by Gasteiger charge is 2.17. The number of aryl methyl sites for hydroxylation is 1. The summed E-state index contributed by atoms with van der Waals surface area (Å²) in [6.07, 6.45) is 6.55. The molecule has 2 amide bonds. The van der Waals surface area contributed by atoms with Gasteiger partial charge in [-0.15, -0.1) is 0 Å². The highest BCUT2D eigenvalue weighted by atomic mass is 19.1. The van der Waals surface area contributed by atoms with Crippen LogP contribution >= 0.6 is 0 Å². The number of allylic oxidation sites excluding steroid dienone is 2. The van der Waals surface area contributed by atoms with Crippen LogP contribution in [-0.2, 0) is 4.79 Å². The maximum atomic E-state index is 13.9. The molecule has 1 atom stereocenters. The summed E-state index contributed by atoms with van der Waals surface area (Å²) < 4.78 is 13.9. The first-order chi connectivity index (χ1) is 12.5. The lowest BCUT2D eigenvalue weighted by Crippen LogP contribution is -2.18. The fourth-order valence-corrected chi connectivity index (χ4v) is 3.01. The Morgan fingerprint density at radius 1 is 1.12 bits per heavy atom. The first kappa shape index (κ1) is 17.9. The number of benzene rings is 2. The summed E-state index contributed by atoms with van der Waals surface area (Å²) in [6.45, 7) is 1.79.